The molecule has 2 aromatic carbocycles. The summed E-state index contributed by atoms with van der Waals surface area (Å²) in [7, 11) is 0. The highest BCUT2D eigenvalue weighted by Crippen LogP contribution is 2.29. The van der Waals surface area contributed by atoms with Crippen molar-refractivity contribution in [3.05, 3.63) is 65.5 Å². The number of nitrogens with one attached hydrogen (secondary N) is 2. The number of halogens is 4. The van der Waals surface area contributed by atoms with Crippen LogP contribution in [0.15, 0.2) is 48.5 Å². The second kappa shape index (κ2) is 7.33. The number of rotatable bonds is 5. The number of carbonyl (C=O) groups excluding carboxylic acids is 1. The van der Waals surface area contributed by atoms with Crippen LogP contribution >= 0.6 is 0 Å². The van der Waals surface area contributed by atoms with Gasteiger partial charge in [0.25, 0.3) is 0 Å². The van der Waals surface area contributed by atoms with Crippen molar-refractivity contribution < 1.29 is 22.4 Å². The fourth-order valence-corrected chi connectivity index (χ4v) is 2.09. The highest BCUT2D eigenvalue weighted by atomic mass is 19.4. The Bertz CT molecular complexity index is 681. The van der Waals surface area contributed by atoms with E-state index in [1.165, 1.54) is 24.3 Å². The van der Waals surface area contributed by atoms with E-state index in [1.807, 2.05) is 0 Å². The van der Waals surface area contributed by atoms with Crippen LogP contribution < -0.4 is 10.6 Å². The summed E-state index contributed by atoms with van der Waals surface area (Å²) in [6.45, 7) is 1.67. The quantitative estimate of drug-likeness (QED) is 0.804. The molecule has 2 N–H and O–H groups in total. The molecule has 0 aromatic heterocycles. The molecule has 0 aliphatic heterocycles. The number of alkyl halides is 3. The summed E-state index contributed by atoms with van der Waals surface area (Å²) < 4.78 is 50.2. The van der Waals surface area contributed by atoms with Gasteiger partial charge in [-0.3, -0.25) is 4.79 Å². The fourth-order valence-electron chi connectivity index (χ4n) is 2.09. The van der Waals surface area contributed by atoms with Crippen LogP contribution in [0.2, 0.25) is 0 Å². The van der Waals surface area contributed by atoms with Gasteiger partial charge in [0.1, 0.15) is 5.82 Å². The first-order valence-electron chi connectivity index (χ1n) is 7.21. The van der Waals surface area contributed by atoms with Gasteiger partial charge >= 0.3 is 6.18 Å². The average molecular weight is 340 g/mol. The molecule has 0 bridgehead atoms. The number of hydrogen-bond acceptors (Lipinski definition) is 2. The van der Waals surface area contributed by atoms with Crippen LogP contribution in [0.4, 0.5) is 23.2 Å². The van der Waals surface area contributed by atoms with Gasteiger partial charge in [-0.2, -0.15) is 13.2 Å². The van der Waals surface area contributed by atoms with Crippen molar-refractivity contribution in [3.63, 3.8) is 0 Å². The highest BCUT2D eigenvalue weighted by molar-refractivity contribution is 5.81. The van der Waals surface area contributed by atoms with E-state index in [4.69, 9.17) is 0 Å². The zero-order valence-electron chi connectivity index (χ0n) is 12.8. The number of benzene rings is 2. The van der Waals surface area contributed by atoms with Crippen LogP contribution in [0.1, 0.15) is 24.1 Å². The first-order valence-corrected chi connectivity index (χ1v) is 7.21. The minimum Gasteiger partial charge on any atom is -0.376 e. The van der Waals surface area contributed by atoms with Crippen LogP contribution in [-0.4, -0.2) is 12.5 Å². The molecule has 3 nitrogen and oxygen atoms in total. The van der Waals surface area contributed by atoms with Crippen LogP contribution in [0.3, 0.4) is 0 Å². The maximum atomic E-state index is 12.9. The van der Waals surface area contributed by atoms with Crippen LogP contribution in [0.5, 0.6) is 0 Å². The largest absolute Gasteiger partial charge is 0.416 e. The van der Waals surface area contributed by atoms with Gasteiger partial charge in [0.15, 0.2) is 0 Å². The van der Waals surface area contributed by atoms with Gasteiger partial charge in [-0.15, -0.1) is 0 Å². The molecule has 0 heterocycles. The van der Waals surface area contributed by atoms with Crippen molar-refractivity contribution in [2.24, 2.45) is 0 Å². The lowest BCUT2D eigenvalue weighted by atomic mass is 10.1. The summed E-state index contributed by atoms with van der Waals surface area (Å²) in [5, 5.41) is 5.47. The molecule has 0 fully saturated rings. The van der Waals surface area contributed by atoms with E-state index < -0.39 is 11.7 Å². The van der Waals surface area contributed by atoms with Gasteiger partial charge in [0, 0.05) is 5.69 Å². The molecule has 0 saturated carbocycles. The number of carbonyl (C=O) groups is 1. The standard InChI is InChI=1S/C17H16F4N2O/c1-11(12-2-6-14(18)7-3-12)23-16(24)10-22-15-8-4-13(5-9-15)17(19,20)21/h2-9,11,22H,10H2,1H3,(H,23,24). The maximum absolute atomic E-state index is 12.9. The molecule has 0 spiro atoms. The van der Waals surface area contributed by atoms with Gasteiger partial charge in [-0.1, -0.05) is 12.1 Å². The highest BCUT2D eigenvalue weighted by Gasteiger charge is 2.29. The molecule has 1 unspecified atom stereocenters. The number of amides is 1. The summed E-state index contributed by atoms with van der Waals surface area (Å²) in [5.74, 6) is -0.687. The van der Waals surface area contributed by atoms with Crippen molar-refractivity contribution in [3.8, 4) is 0 Å². The summed E-state index contributed by atoms with van der Waals surface area (Å²) in [6, 6.07) is 9.86. The molecule has 0 aliphatic carbocycles. The van der Waals surface area contributed by atoms with E-state index in [9.17, 15) is 22.4 Å². The first-order chi connectivity index (χ1) is 11.3. The molecule has 24 heavy (non-hydrogen) atoms. The van der Waals surface area contributed by atoms with E-state index in [1.54, 1.807) is 19.1 Å². The van der Waals surface area contributed by atoms with Crippen molar-refractivity contribution in [1.82, 2.24) is 5.32 Å². The normalized spacial score (nSPS) is 12.5. The van der Waals surface area contributed by atoms with Crippen molar-refractivity contribution >= 4 is 11.6 Å². The van der Waals surface area contributed by atoms with E-state index >= 15 is 0 Å². The predicted octanol–water partition coefficient (Wildman–Crippen LogP) is 4.13. The molecule has 2 aromatic rings. The third-order valence-electron chi connectivity index (χ3n) is 3.41. The summed E-state index contributed by atoms with van der Waals surface area (Å²) in [4.78, 5) is 11.9. The molecule has 7 heteroatoms. The SMILES string of the molecule is CC(NC(=O)CNc1ccc(C(F)(F)F)cc1)c1ccc(F)cc1. The van der Waals surface area contributed by atoms with Gasteiger partial charge in [0.05, 0.1) is 18.2 Å². The second-order valence-corrected chi connectivity index (χ2v) is 5.27. The maximum Gasteiger partial charge on any atom is 0.416 e. The molecule has 1 atom stereocenters. The number of hydrogen-bond donors (Lipinski definition) is 2. The van der Waals surface area contributed by atoms with Crippen molar-refractivity contribution in [2.75, 3.05) is 11.9 Å². The third-order valence-corrected chi connectivity index (χ3v) is 3.41. The lowest BCUT2D eigenvalue weighted by Crippen LogP contribution is -2.32. The Balaban J connectivity index is 1.85. The van der Waals surface area contributed by atoms with Gasteiger partial charge in [-0.05, 0) is 48.9 Å². The van der Waals surface area contributed by atoms with E-state index in [0.717, 1.165) is 17.7 Å². The Morgan fingerprint density at radius 1 is 1.04 bits per heavy atom. The number of anilines is 1. The summed E-state index contributed by atoms with van der Waals surface area (Å²) in [6.07, 6.45) is -4.39. The molecular weight excluding hydrogens is 324 g/mol. The van der Waals surface area contributed by atoms with Crippen molar-refractivity contribution in [1.29, 1.82) is 0 Å². The topological polar surface area (TPSA) is 41.1 Å². The molecule has 1 amide bonds. The van der Waals surface area contributed by atoms with Crippen LogP contribution in [0, 0.1) is 5.82 Å². The monoisotopic (exact) mass is 340 g/mol. The smallest absolute Gasteiger partial charge is 0.376 e. The minimum atomic E-state index is -4.39. The summed E-state index contributed by atoms with van der Waals surface area (Å²) >= 11 is 0. The lowest BCUT2D eigenvalue weighted by molar-refractivity contribution is -0.137. The zero-order chi connectivity index (χ0) is 17.7. The third kappa shape index (κ3) is 4.97. The zero-order valence-corrected chi connectivity index (χ0v) is 12.8. The fraction of sp³-hybridized carbons (Fsp3) is 0.235. The molecular formula is C17H16F4N2O. The van der Waals surface area contributed by atoms with Crippen LogP contribution in [0.25, 0.3) is 0 Å². The second-order valence-electron chi connectivity index (χ2n) is 5.27. The Kier molecular flexibility index (Phi) is 5.43. The molecule has 0 saturated heterocycles. The molecule has 128 valence electrons. The first kappa shape index (κ1) is 17.8. The van der Waals surface area contributed by atoms with Gasteiger partial charge in [0.2, 0.25) is 5.91 Å². The Morgan fingerprint density at radius 3 is 2.17 bits per heavy atom. The molecule has 2 rings (SSSR count). The van der Waals surface area contributed by atoms with E-state index in [0.29, 0.717) is 5.69 Å². The van der Waals surface area contributed by atoms with E-state index in [-0.39, 0.29) is 24.3 Å². The van der Waals surface area contributed by atoms with E-state index in [2.05, 4.69) is 10.6 Å². The lowest BCUT2D eigenvalue weighted by Gasteiger charge is -2.15. The molecule has 0 radical (unpaired) electrons. The van der Waals surface area contributed by atoms with Gasteiger partial charge < -0.3 is 10.6 Å². The van der Waals surface area contributed by atoms with Crippen LogP contribution in [-0.2, 0) is 11.0 Å². The average Bonchev–Trinajstić information content (AvgIpc) is 2.53. The van der Waals surface area contributed by atoms with Crippen molar-refractivity contribution in [2.45, 2.75) is 19.1 Å². The Morgan fingerprint density at radius 2 is 1.62 bits per heavy atom. The summed E-state index contributed by atoms with van der Waals surface area (Å²) in [5.41, 5.74) is 0.411. The Hall–Kier alpha value is -2.57. The molecule has 0 aliphatic rings. The van der Waals surface area contributed by atoms with Gasteiger partial charge in [-0.25, -0.2) is 4.39 Å². The predicted molar refractivity (Wildman–Crippen MR) is 82.9 cm³/mol. The Labute approximate surface area is 136 Å². The minimum absolute atomic E-state index is 0.0864.